The second-order valence-corrected chi connectivity index (χ2v) is 5.99. The van der Waals surface area contributed by atoms with Gasteiger partial charge in [-0.05, 0) is 25.2 Å². The fourth-order valence-electron chi connectivity index (χ4n) is 2.36. The van der Waals surface area contributed by atoms with Crippen molar-refractivity contribution in [3.8, 4) is 11.4 Å². The van der Waals surface area contributed by atoms with E-state index in [1.54, 1.807) is 0 Å². The summed E-state index contributed by atoms with van der Waals surface area (Å²) in [5, 5.41) is 5.65. The number of aromatic nitrogens is 3. The number of hydrogen-bond acceptors (Lipinski definition) is 3. The lowest BCUT2D eigenvalue weighted by atomic mass is 10.1. The van der Waals surface area contributed by atoms with E-state index in [-0.39, 0.29) is 26.6 Å². The van der Waals surface area contributed by atoms with Gasteiger partial charge in [-0.3, -0.25) is 9.67 Å². The maximum Gasteiger partial charge on any atom is 0.452 e. The molecular formula is C12H8Cl2F3N3OS. The zero-order chi connectivity index (χ0) is 16.2. The minimum atomic E-state index is -4.69. The van der Waals surface area contributed by atoms with Gasteiger partial charge < -0.3 is 4.74 Å². The molecule has 0 radical (unpaired) electrons. The monoisotopic (exact) mass is 369 g/mol. The lowest BCUT2D eigenvalue weighted by Crippen LogP contribution is -2.14. The lowest BCUT2D eigenvalue weighted by molar-refractivity contribution is -0.146. The van der Waals surface area contributed by atoms with Crippen molar-refractivity contribution in [2.24, 2.45) is 0 Å². The van der Waals surface area contributed by atoms with E-state index in [1.807, 2.05) is 6.92 Å². The molecule has 1 unspecified atom stereocenters. The van der Waals surface area contributed by atoms with Gasteiger partial charge in [-0.2, -0.15) is 13.2 Å². The molecule has 10 heteroatoms. The van der Waals surface area contributed by atoms with E-state index < -0.39 is 12.0 Å². The summed E-state index contributed by atoms with van der Waals surface area (Å²) in [7, 11) is 0. The Kier molecular flexibility index (Phi) is 3.65. The third-order valence-corrected chi connectivity index (χ3v) is 4.20. The van der Waals surface area contributed by atoms with Crippen LogP contribution in [0.4, 0.5) is 13.2 Å². The fourth-order valence-corrected chi connectivity index (χ4v) is 3.16. The van der Waals surface area contributed by atoms with Crippen molar-refractivity contribution in [3.63, 3.8) is 0 Å². The van der Waals surface area contributed by atoms with Gasteiger partial charge in [0.15, 0.2) is 4.77 Å². The highest BCUT2D eigenvalue weighted by Gasteiger charge is 2.39. The molecule has 2 aromatic rings. The number of aromatic amines is 1. The summed E-state index contributed by atoms with van der Waals surface area (Å²) in [6, 6.07) is 1.29. The van der Waals surface area contributed by atoms with Crippen LogP contribution in [0.3, 0.4) is 0 Å². The van der Waals surface area contributed by atoms with Gasteiger partial charge in [-0.25, -0.2) is 0 Å². The van der Waals surface area contributed by atoms with E-state index in [0.29, 0.717) is 17.7 Å². The smallest absolute Gasteiger partial charge is 0.452 e. The molecule has 1 atom stereocenters. The number of H-pyrrole nitrogens is 1. The first-order chi connectivity index (χ1) is 10.2. The summed E-state index contributed by atoms with van der Waals surface area (Å²) < 4.78 is 45.2. The maximum atomic E-state index is 13.1. The molecule has 3 rings (SSSR count). The van der Waals surface area contributed by atoms with Crippen LogP contribution < -0.4 is 4.74 Å². The largest absolute Gasteiger partial charge is 0.488 e. The molecule has 1 aliphatic heterocycles. The number of benzene rings is 1. The molecule has 118 valence electrons. The number of rotatable bonds is 1. The van der Waals surface area contributed by atoms with Crippen molar-refractivity contribution in [3.05, 3.63) is 32.3 Å². The van der Waals surface area contributed by atoms with E-state index in [9.17, 15) is 13.2 Å². The van der Waals surface area contributed by atoms with Crippen LogP contribution in [0.15, 0.2) is 6.07 Å². The molecule has 1 aromatic carbocycles. The topological polar surface area (TPSA) is 42.8 Å². The SMILES string of the molecule is CC1Cc2c(Cl)c(-n3c(C(F)(F)F)n[nH]c3=S)cc(Cl)c2O1. The quantitative estimate of drug-likeness (QED) is 0.748. The second kappa shape index (κ2) is 5.14. The van der Waals surface area contributed by atoms with Crippen LogP contribution in [0.25, 0.3) is 5.69 Å². The summed E-state index contributed by atoms with van der Waals surface area (Å²) in [5.74, 6) is -0.797. The maximum absolute atomic E-state index is 13.1. The summed E-state index contributed by atoms with van der Waals surface area (Å²) in [6.07, 6.45) is -4.39. The first kappa shape index (κ1) is 15.6. The molecule has 22 heavy (non-hydrogen) atoms. The molecule has 0 aliphatic carbocycles. The van der Waals surface area contributed by atoms with Crippen molar-refractivity contribution < 1.29 is 17.9 Å². The number of alkyl halides is 3. The molecule has 0 saturated heterocycles. The van der Waals surface area contributed by atoms with Gasteiger partial charge >= 0.3 is 6.18 Å². The minimum Gasteiger partial charge on any atom is -0.488 e. The van der Waals surface area contributed by atoms with E-state index in [1.165, 1.54) is 6.07 Å². The van der Waals surface area contributed by atoms with Crippen molar-refractivity contribution in [2.75, 3.05) is 0 Å². The highest BCUT2D eigenvalue weighted by Crippen LogP contribution is 2.44. The van der Waals surface area contributed by atoms with Crippen LogP contribution >= 0.6 is 35.4 Å². The minimum absolute atomic E-state index is 0.0224. The zero-order valence-corrected chi connectivity index (χ0v) is 13.3. The van der Waals surface area contributed by atoms with Crippen LogP contribution in [0.1, 0.15) is 18.3 Å². The molecule has 1 aliphatic rings. The van der Waals surface area contributed by atoms with Gasteiger partial charge in [0, 0.05) is 12.0 Å². The average molecular weight is 370 g/mol. The first-order valence-corrected chi connectivity index (χ1v) is 7.29. The normalized spacial score (nSPS) is 17.5. The molecule has 2 heterocycles. The highest BCUT2D eigenvalue weighted by atomic mass is 35.5. The number of hydrogen-bond donors (Lipinski definition) is 1. The highest BCUT2D eigenvalue weighted by molar-refractivity contribution is 7.71. The van der Waals surface area contributed by atoms with Gasteiger partial charge in [0.2, 0.25) is 5.82 Å². The molecule has 0 spiro atoms. The predicted molar refractivity (Wildman–Crippen MR) is 77.6 cm³/mol. The van der Waals surface area contributed by atoms with Crippen LogP contribution in [0, 0.1) is 4.77 Å². The fraction of sp³-hybridized carbons (Fsp3) is 0.333. The second-order valence-electron chi connectivity index (χ2n) is 4.82. The Balaban J connectivity index is 2.28. The molecule has 1 aromatic heterocycles. The Morgan fingerprint density at radius 3 is 2.77 bits per heavy atom. The standard InChI is InChI=1S/C12H8Cl2F3N3OS/c1-4-2-5-8(14)7(3-6(13)9(5)21-4)20-10(12(15,16)17)18-19-11(20)22/h3-4H,2H2,1H3,(H,19,22). The summed E-state index contributed by atoms with van der Waals surface area (Å²) >= 11 is 17.3. The Bertz CT molecular complexity index is 815. The Labute approximate surface area is 137 Å². The van der Waals surface area contributed by atoms with Crippen molar-refractivity contribution in [1.82, 2.24) is 14.8 Å². The van der Waals surface area contributed by atoms with Crippen molar-refractivity contribution in [1.29, 1.82) is 0 Å². The lowest BCUT2D eigenvalue weighted by Gasteiger charge is -2.13. The average Bonchev–Trinajstić information content (AvgIpc) is 2.97. The number of nitrogens with zero attached hydrogens (tertiary/aromatic N) is 2. The number of fused-ring (bicyclic) bond motifs is 1. The Morgan fingerprint density at radius 1 is 1.45 bits per heavy atom. The molecule has 0 saturated carbocycles. The Morgan fingerprint density at radius 2 is 2.14 bits per heavy atom. The molecule has 0 fully saturated rings. The number of nitrogens with one attached hydrogen (secondary N) is 1. The third kappa shape index (κ3) is 2.39. The van der Waals surface area contributed by atoms with Gasteiger partial charge in [-0.15, -0.1) is 5.10 Å². The Hall–Kier alpha value is -1.25. The summed E-state index contributed by atoms with van der Waals surface area (Å²) in [5.41, 5.74) is 0.585. The van der Waals surface area contributed by atoms with E-state index in [2.05, 4.69) is 10.2 Å². The van der Waals surface area contributed by atoms with Crippen molar-refractivity contribution in [2.45, 2.75) is 25.6 Å². The van der Waals surface area contributed by atoms with Gasteiger partial charge in [0.05, 0.1) is 15.7 Å². The van der Waals surface area contributed by atoms with E-state index in [4.69, 9.17) is 40.2 Å². The van der Waals surface area contributed by atoms with Gasteiger partial charge in [-0.1, -0.05) is 23.2 Å². The number of halogens is 5. The zero-order valence-electron chi connectivity index (χ0n) is 11.0. The van der Waals surface area contributed by atoms with Crippen molar-refractivity contribution >= 4 is 35.4 Å². The van der Waals surface area contributed by atoms with Crippen LogP contribution in [-0.2, 0) is 12.6 Å². The van der Waals surface area contributed by atoms with Gasteiger partial charge in [0.1, 0.15) is 11.9 Å². The molecule has 0 bridgehead atoms. The van der Waals surface area contributed by atoms with Crippen LogP contribution in [0.2, 0.25) is 10.0 Å². The third-order valence-electron chi connectivity index (χ3n) is 3.22. The molecule has 4 nitrogen and oxygen atoms in total. The summed E-state index contributed by atoms with van der Waals surface area (Å²) in [4.78, 5) is 0. The van der Waals surface area contributed by atoms with Crippen LogP contribution in [0.5, 0.6) is 5.75 Å². The predicted octanol–water partition coefficient (Wildman–Crippen LogP) is 4.58. The van der Waals surface area contributed by atoms with Crippen LogP contribution in [-0.4, -0.2) is 20.9 Å². The van der Waals surface area contributed by atoms with E-state index in [0.717, 1.165) is 4.57 Å². The summed E-state index contributed by atoms with van der Waals surface area (Å²) in [6.45, 7) is 1.82. The first-order valence-electron chi connectivity index (χ1n) is 6.12. The molecule has 1 N–H and O–H groups in total. The molecule has 0 amide bonds. The molecular weight excluding hydrogens is 362 g/mol. The number of ether oxygens (including phenoxy) is 1. The van der Waals surface area contributed by atoms with E-state index >= 15 is 0 Å². The van der Waals surface area contributed by atoms with Gasteiger partial charge in [0.25, 0.3) is 0 Å².